The van der Waals surface area contributed by atoms with Crippen LogP contribution in [0, 0.1) is 6.92 Å². The molecule has 0 radical (unpaired) electrons. The van der Waals surface area contributed by atoms with E-state index in [0.717, 1.165) is 27.4 Å². The minimum atomic E-state index is -1.02. The molecule has 1 atom stereocenters. The van der Waals surface area contributed by atoms with Crippen molar-refractivity contribution in [1.82, 2.24) is 10.3 Å². The van der Waals surface area contributed by atoms with Crippen LogP contribution in [0.3, 0.4) is 0 Å². The summed E-state index contributed by atoms with van der Waals surface area (Å²) < 4.78 is 16.5. The van der Waals surface area contributed by atoms with Crippen LogP contribution in [-0.4, -0.2) is 28.7 Å². The molecule has 188 valence electrons. The zero-order chi connectivity index (χ0) is 26.0. The number of carbonyl (C=O) groups excluding carboxylic acids is 2. The average molecular weight is 491 g/mol. The minimum Gasteiger partial charge on any atom is -0.444 e. The predicted molar refractivity (Wildman–Crippen MR) is 137 cm³/mol. The van der Waals surface area contributed by atoms with Gasteiger partial charge in [0.15, 0.2) is 0 Å². The molecule has 2 N–H and O–H groups in total. The SMILES string of the molecule is CCc1cc(=O)oc2c(C)c(OC(=O)[C@H](Cc3c[nH]c4ccccc34)NC(=O)OC(C)(C)C)ccc12. The Morgan fingerprint density at radius 2 is 1.83 bits per heavy atom. The topological polar surface area (TPSA) is 111 Å². The number of esters is 1. The van der Waals surface area contributed by atoms with Gasteiger partial charge in [0.1, 0.15) is 23.0 Å². The molecule has 0 unspecified atom stereocenters. The van der Waals surface area contributed by atoms with Gasteiger partial charge in [-0.15, -0.1) is 0 Å². The summed E-state index contributed by atoms with van der Waals surface area (Å²) in [5.41, 5.74) is 2.32. The molecular weight excluding hydrogens is 460 g/mol. The number of para-hydroxylation sites is 1. The van der Waals surface area contributed by atoms with E-state index in [0.29, 0.717) is 17.6 Å². The van der Waals surface area contributed by atoms with Crippen molar-refractivity contribution >= 4 is 33.9 Å². The number of aromatic amines is 1. The van der Waals surface area contributed by atoms with Crippen LogP contribution in [0.5, 0.6) is 5.75 Å². The number of ether oxygens (including phenoxy) is 2. The molecule has 2 aromatic carbocycles. The summed E-state index contributed by atoms with van der Waals surface area (Å²) in [7, 11) is 0. The van der Waals surface area contributed by atoms with Gasteiger partial charge in [0.25, 0.3) is 0 Å². The Balaban J connectivity index is 1.65. The summed E-state index contributed by atoms with van der Waals surface area (Å²) in [5.74, 6) is -0.415. The maximum Gasteiger partial charge on any atom is 0.408 e. The highest BCUT2D eigenvalue weighted by Gasteiger charge is 2.28. The number of hydrogen-bond donors (Lipinski definition) is 2. The maximum atomic E-state index is 13.4. The molecule has 0 aliphatic rings. The number of aromatic nitrogens is 1. The lowest BCUT2D eigenvalue weighted by Crippen LogP contribution is -2.46. The third-order valence-electron chi connectivity index (χ3n) is 5.86. The van der Waals surface area contributed by atoms with Crippen LogP contribution in [0.25, 0.3) is 21.9 Å². The third-order valence-corrected chi connectivity index (χ3v) is 5.86. The summed E-state index contributed by atoms with van der Waals surface area (Å²) in [6.45, 7) is 8.92. The lowest BCUT2D eigenvalue weighted by atomic mass is 10.0. The molecule has 4 rings (SSSR count). The fourth-order valence-corrected chi connectivity index (χ4v) is 4.15. The monoisotopic (exact) mass is 490 g/mol. The fourth-order valence-electron chi connectivity index (χ4n) is 4.15. The van der Waals surface area contributed by atoms with E-state index < -0.39 is 29.3 Å². The molecule has 0 saturated carbocycles. The summed E-state index contributed by atoms with van der Waals surface area (Å²) in [5, 5.41) is 4.39. The van der Waals surface area contributed by atoms with Crippen molar-refractivity contribution in [2.45, 2.75) is 59.1 Å². The van der Waals surface area contributed by atoms with Gasteiger partial charge in [-0.3, -0.25) is 0 Å². The lowest BCUT2D eigenvalue weighted by molar-refractivity contribution is -0.136. The van der Waals surface area contributed by atoms with Crippen LogP contribution in [0.4, 0.5) is 4.79 Å². The summed E-state index contributed by atoms with van der Waals surface area (Å²) in [4.78, 5) is 41.1. The van der Waals surface area contributed by atoms with Crippen LogP contribution in [-0.2, 0) is 22.4 Å². The number of alkyl carbamates (subject to hydrolysis) is 1. The van der Waals surface area contributed by atoms with E-state index in [-0.39, 0.29) is 12.2 Å². The van der Waals surface area contributed by atoms with Gasteiger partial charge in [-0.2, -0.15) is 0 Å². The van der Waals surface area contributed by atoms with Gasteiger partial charge >= 0.3 is 17.7 Å². The Morgan fingerprint density at radius 3 is 2.56 bits per heavy atom. The molecule has 0 fully saturated rings. The highest BCUT2D eigenvalue weighted by Crippen LogP contribution is 2.29. The van der Waals surface area contributed by atoms with E-state index >= 15 is 0 Å². The predicted octanol–water partition coefficient (Wildman–Crippen LogP) is 5.19. The number of rotatable bonds is 6. The molecule has 0 saturated heterocycles. The number of nitrogens with one attached hydrogen (secondary N) is 2. The fraction of sp³-hybridized carbons (Fsp3) is 0.321. The molecule has 36 heavy (non-hydrogen) atoms. The van der Waals surface area contributed by atoms with Gasteiger partial charge in [0.2, 0.25) is 0 Å². The first-order chi connectivity index (χ1) is 17.1. The largest absolute Gasteiger partial charge is 0.444 e. The van der Waals surface area contributed by atoms with E-state index in [1.165, 1.54) is 6.07 Å². The zero-order valence-corrected chi connectivity index (χ0v) is 21.1. The maximum absolute atomic E-state index is 13.4. The van der Waals surface area contributed by atoms with Crippen LogP contribution in [0.15, 0.2) is 57.9 Å². The van der Waals surface area contributed by atoms with E-state index in [1.54, 1.807) is 39.8 Å². The first-order valence-electron chi connectivity index (χ1n) is 11.9. The first kappa shape index (κ1) is 25.0. The number of carbonyl (C=O) groups is 2. The molecular formula is C28H30N2O6. The van der Waals surface area contributed by atoms with Crippen molar-refractivity contribution in [2.75, 3.05) is 0 Å². The standard InChI is InChI=1S/C28H30N2O6/c1-6-17-14-24(31)35-25-16(2)23(12-11-20(17)25)34-26(32)22(30-27(33)36-28(3,4)5)13-18-15-29-21-10-8-7-9-19(18)21/h7-12,14-15,22,29H,6,13H2,1-5H3,(H,30,33)/t22-/m0/s1. The first-order valence-corrected chi connectivity index (χ1v) is 11.9. The second-order valence-corrected chi connectivity index (χ2v) is 9.69. The molecule has 8 nitrogen and oxygen atoms in total. The minimum absolute atomic E-state index is 0.184. The highest BCUT2D eigenvalue weighted by molar-refractivity contribution is 5.89. The van der Waals surface area contributed by atoms with Crippen molar-refractivity contribution < 1.29 is 23.5 Å². The highest BCUT2D eigenvalue weighted by atomic mass is 16.6. The Kier molecular flexibility index (Phi) is 6.88. The Bertz CT molecular complexity index is 1490. The van der Waals surface area contributed by atoms with Crippen LogP contribution < -0.4 is 15.7 Å². The molecule has 4 aromatic rings. The van der Waals surface area contributed by atoms with Crippen molar-refractivity contribution in [3.05, 3.63) is 75.8 Å². The zero-order valence-electron chi connectivity index (χ0n) is 21.1. The molecule has 0 bridgehead atoms. The van der Waals surface area contributed by atoms with Gasteiger partial charge in [-0.1, -0.05) is 25.1 Å². The normalized spacial score (nSPS) is 12.5. The van der Waals surface area contributed by atoms with Crippen LogP contribution in [0.1, 0.15) is 44.4 Å². The second kappa shape index (κ2) is 9.89. The van der Waals surface area contributed by atoms with Crippen LogP contribution in [0.2, 0.25) is 0 Å². The van der Waals surface area contributed by atoms with Crippen molar-refractivity contribution in [3.8, 4) is 5.75 Å². The molecule has 0 aliphatic carbocycles. The van der Waals surface area contributed by atoms with E-state index in [4.69, 9.17) is 13.9 Å². The summed E-state index contributed by atoms with van der Waals surface area (Å²) >= 11 is 0. The number of amides is 1. The molecule has 8 heteroatoms. The third kappa shape index (κ3) is 5.43. The van der Waals surface area contributed by atoms with Gasteiger partial charge < -0.3 is 24.2 Å². The number of benzene rings is 2. The summed E-state index contributed by atoms with van der Waals surface area (Å²) in [6, 6.07) is 11.6. The molecule has 2 aromatic heterocycles. The quantitative estimate of drug-likeness (QED) is 0.219. The molecule has 0 spiro atoms. The van der Waals surface area contributed by atoms with Crippen molar-refractivity contribution in [1.29, 1.82) is 0 Å². The van der Waals surface area contributed by atoms with Gasteiger partial charge in [0.05, 0.1) is 0 Å². The molecule has 2 heterocycles. The second-order valence-electron chi connectivity index (χ2n) is 9.69. The Hall–Kier alpha value is -4.07. The van der Waals surface area contributed by atoms with Gasteiger partial charge in [-0.05, 0) is 63.4 Å². The average Bonchev–Trinajstić information content (AvgIpc) is 3.22. The van der Waals surface area contributed by atoms with Gasteiger partial charge in [-0.25, -0.2) is 14.4 Å². The van der Waals surface area contributed by atoms with Crippen LogP contribution >= 0.6 is 0 Å². The summed E-state index contributed by atoms with van der Waals surface area (Å²) in [6.07, 6.45) is 1.93. The number of hydrogen-bond acceptors (Lipinski definition) is 6. The van der Waals surface area contributed by atoms with E-state index in [9.17, 15) is 14.4 Å². The lowest BCUT2D eigenvalue weighted by Gasteiger charge is -2.23. The molecule has 0 aliphatic heterocycles. The smallest absolute Gasteiger partial charge is 0.408 e. The van der Waals surface area contributed by atoms with Crippen molar-refractivity contribution in [2.24, 2.45) is 0 Å². The Labute approximate surface area is 208 Å². The van der Waals surface area contributed by atoms with Crippen molar-refractivity contribution in [3.63, 3.8) is 0 Å². The van der Waals surface area contributed by atoms with E-state index in [1.807, 2.05) is 37.4 Å². The molecule has 1 amide bonds. The number of H-pyrrole nitrogens is 1. The van der Waals surface area contributed by atoms with Gasteiger partial charge in [0, 0.05) is 40.5 Å². The number of aryl methyl sites for hydroxylation is 2. The number of fused-ring (bicyclic) bond motifs is 2. The van der Waals surface area contributed by atoms with E-state index in [2.05, 4.69) is 10.3 Å². The Morgan fingerprint density at radius 1 is 1.08 bits per heavy atom.